The van der Waals surface area contributed by atoms with Crippen LogP contribution < -0.4 is 10.8 Å². The van der Waals surface area contributed by atoms with Crippen LogP contribution in [0.25, 0.3) is 0 Å². The Hall–Kier alpha value is -2.13. The average Bonchev–Trinajstić information content (AvgIpc) is 3.17. The van der Waals surface area contributed by atoms with E-state index in [1.54, 1.807) is 17.2 Å². The maximum Gasteiger partial charge on any atom is 0.495 e. The monoisotopic (exact) mass is 417 g/mol. The lowest BCUT2D eigenvalue weighted by Gasteiger charge is -2.32. The number of likely N-dealkylation sites (tertiary alicyclic amines) is 1. The molecule has 30 heavy (non-hydrogen) atoms. The fraction of sp³-hybridized carbons (Fsp3) is 0.667. The number of rotatable bonds is 3. The van der Waals surface area contributed by atoms with Crippen LogP contribution in [0.5, 0.6) is 0 Å². The van der Waals surface area contributed by atoms with E-state index in [0.29, 0.717) is 25.3 Å². The maximum absolute atomic E-state index is 12.7. The van der Waals surface area contributed by atoms with Crippen molar-refractivity contribution in [3.05, 3.63) is 18.3 Å². The molecule has 1 atom stereocenters. The quantitative estimate of drug-likeness (QED) is 0.761. The summed E-state index contributed by atoms with van der Waals surface area (Å²) in [6.07, 6.45) is 1.82. The van der Waals surface area contributed by atoms with Gasteiger partial charge < -0.3 is 24.3 Å². The number of hydrogen-bond donors (Lipinski definition) is 1. The summed E-state index contributed by atoms with van der Waals surface area (Å²) in [6.45, 7) is 14.3. The van der Waals surface area contributed by atoms with E-state index >= 15 is 0 Å². The van der Waals surface area contributed by atoms with Gasteiger partial charge in [-0.2, -0.15) is 0 Å². The molecule has 2 amide bonds. The van der Waals surface area contributed by atoms with Crippen LogP contribution in [-0.2, 0) is 18.8 Å². The van der Waals surface area contributed by atoms with Crippen LogP contribution in [0.1, 0.15) is 54.9 Å². The lowest BCUT2D eigenvalue weighted by atomic mass is 9.80. The highest BCUT2D eigenvalue weighted by molar-refractivity contribution is 6.62. The summed E-state index contributed by atoms with van der Waals surface area (Å²) in [5, 5.41) is 2.86. The van der Waals surface area contributed by atoms with Crippen molar-refractivity contribution in [2.75, 3.05) is 18.4 Å². The zero-order valence-corrected chi connectivity index (χ0v) is 18.9. The molecule has 1 aromatic heterocycles. The van der Waals surface area contributed by atoms with Crippen molar-refractivity contribution in [2.45, 2.75) is 71.7 Å². The van der Waals surface area contributed by atoms with Crippen molar-refractivity contribution in [1.29, 1.82) is 0 Å². The Morgan fingerprint density at radius 3 is 2.47 bits per heavy atom. The molecule has 0 aromatic carbocycles. The lowest BCUT2D eigenvalue weighted by Crippen LogP contribution is -2.41. The van der Waals surface area contributed by atoms with Crippen molar-refractivity contribution in [3.8, 4) is 0 Å². The number of aromatic nitrogens is 1. The summed E-state index contributed by atoms with van der Waals surface area (Å²) in [7, 11) is -0.525. The molecule has 2 aliphatic rings. The molecule has 3 heterocycles. The summed E-state index contributed by atoms with van der Waals surface area (Å²) < 4.78 is 17.5. The van der Waals surface area contributed by atoms with Crippen molar-refractivity contribution >= 4 is 30.4 Å². The number of amides is 2. The van der Waals surface area contributed by atoms with E-state index in [1.807, 2.05) is 54.5 Å². The van der Waals surface area contributed by atoms with Crippen LogP contribution in [0.4, 0.5) is 10.6 Å². The Morgan fingerprint density at radius 2 is 1.87 bits per heavy atom. The van der Waals surface area contributed by atoms with Crippen LogP contribution in [0, 0.1) is 5.92 Å². The van der Waals surface area contributed by atoms with Crippen molar-refractivity contribution in [1.82, 2.24) is 9.88 Å². The lowest BCUT2D eigenvalue weighted by molar-refractivity contribution is -0.119. The van der Waals surface area contributed by atoms with Gasteiger partial charge in [0.1, 0.15) is 11.4 Å². The second-order valence-electron chi connectivity index (χ2n) is 9.96. The fourth-order valence-electron chi connectivity index (χ4n) is 3.34. The first-order chi connectivity index (χ1) is 13.8. The van der Waals surface area contributed by atoms with Crippen LogP contribution in [-0.4, -0.2) is 58.9 Å². The number of pyridine rings is 1. The SMILES string of the molecule is CC(C)(C)OC(=O)N1CC[C@H](C(=O)Nc2cc(B3OC(C)(C)C(C)(C)O3)ccn2)C1. The topological polar surface area (TPSA) is 90.0 Å². The third-order valence-corrected chi connectivity index (χ3v) is 5.77. The first-order valence-electron chi connectivity index (χ1n) is 10.4. The Bertz CT molecular complexity index is 805. The molecular formula is C21H32BN3O5. The van der Waals surface area contributed by atoms with Gasteiger partial charge in [-0.05, 0) is 72.5 Å². The number of hydrogen-bond acceptors (Lipinski definition) is 6. The smallest absolute Gasteiger partial charge is 0.444 e. The van der Waals surface area contributed by atoms with Gasteiger partial charge in [0.15, 0.2) is 0 Å². The maximum atomic E-state index is 12.7. The average molecular weight is 417 g/mol. The Kier molecular flexibility index (Phi) is 5.90. The first-order valence-corrected chi connectivity index (χ1v) is 10.4. The van der Waals surface area contributed by atoms with E-state index in [2.05, 4.69) is 10.3 Å². The molecule has 9 heteroatoms. The normalized spacial score (nSPS) is 22.8. The minimum atomic E-state index is -0.560. The van der Waals surface area contributed by atoms with Crippen molar-refractivity contribution in [3.63, 3.8) is 0 Å². The zero-order valence-electron chi connectivity index (χ0n) is 18.9. The molecule has 0 aliphatic carbocycles. The molecule has 2 fully saturated rings. The Balaban J connectivity index is 1.61. The summed E-state index contributed by atoms with van der Waals surface area (Å²) in [6, 6.07) is 3.58. The largest absolute Gasteiger partial charge is 0.495 e. The number of ether oxygens (including phenoxy) is 1. The molecule has 3 rings (SSSR count). The van der Waals surface area contributed by atoms with Crippen LogP contribution in [0.2, 0.25) is 0 Å². The number of carbonyl (C=O) groups is 2. The molecule has 0 spiro atoms. The fourth-order valence-corrected chi connectivity index (χ4v) is 3.34. The highest BCUT2D eigenvalue weighted by Crippen LogP contribution is 2.36. The van der Waals surface area contributed by atoms with Gasteiger partial charge >= 0.3 is 13.2 Å². The van der Waals surface area contributed by atoms with Crippen molar-refractivity contribution in [2.24, 2.45) is 5.92 Å². The van der Waals surface area contributed by atoms with Gasteiger partial charge in [-0.3, -0.25) is 4.79 Å². The first kappa shape index (κ1) is 22.6. The summed E-state index contributed by atoms with van der Waals surface area (Å²) >= 11 is 0. The predicted octanol–water partition coefficient (Wildman–Crippen LogP) is 2.58. The van der Waals surface area contributed by atoms with Crippen LogP contribution in [0.15, 0.2) is 18.3 Å². The third-order valence-electron chi connectivity index (χ3n) is 5.77. The van der Waals surface area contributed by atoms with E-state index in [9.17, 15) is 9.59 Å². The van der Waals surface area contributed by atoms with Gasteiger partial charge in [-0.15, -0.1) is 0 Å². The van der Waals surface area contributed by atoms with E-state index in [1.165, 1.54) is 0 Å². The molecule has 8 nitrogen and oxygen atoms in total. The van der Waals surface area contributed by atoms with Gasteiger partial charge in [0.25, 0.3) is 0 Å². The van der Waals surface area contributed by atoms with Crippen LogP contribution >= 0.6 is 0 Å². The number of anilines is 1. The summed E-state index contributed by atoms with van der Waals surface area (Å²) in [4.78, 5) is 30.8. The minimum absolute atomic E-state index is 0.167. The molecule has 1 N–H and O–H groups in total. The van der Waals surface area contributed by atoms with E-state index in [0.717, 1.165) is 5.46 Å². The Morgan fingerprint density at radius 1 is 1.23 bits per heavy atom. The molecule has 2 aliphatic heterocycles. The predicted molar refractivity (Wildman–Crippen MR) is 114 cm³/mol. The molecule has 1 aromatic rings. The molecule has 164 valence electrons. The summed E-state index contributed by atoms with van der Waals surface area (Å²) in [5.41, 5.74) is -0.658. The Labute approximate surface area is 178 Å². The van der Waals surface area contributed by atoms with Gasteiger partial charge in [-0.25, -0.2) is 9.78 Å². The van der Waals surface area contributed by atoms with Gasteiger partial charge in [0, 0.05) is 19.3 Å². The van der Waals surface area contributed by atoms with Crippen molar-refractivity contribution < 1.29 is 23.6 Å². The molecule has 0 bridgehead atoms. The highest BCUT2D eigenvalue weighted by atomic mass is 16.7. The molecule has 0 radical (unpaired) electrons. The highest BCUT2D eigenvalue weighted by Gasteiger charge is 2.51. The standard InChI is InChI=1S/C21H32BN3O5/c1-19(2,3)28-18(27)25-11-9-14(13-25)17(26)24-16-12-15(8-10-23-16)22-29-20(4,5)21(6,7)30-22/h8,10,12,14H,9,11,13H2,1-7H3,(H,23,24,26)/t14-/m0/s1. The van der Waals surface area contributed by atoms with Gasteiger partial charge in [0.05, 0.1) is 17.1 Å². The van der Waals surface area contributed by atoms with Gasteiger partial charge in [0.2, 0.25) is 5.91 Å². The minimum Gasteiger partial charge on any atom is -0.444 e. The number of nitrogens with zero attached hydrogens (tertiary/aromatic N) is 2. The molecule has 2 saturated heterocycles. The van der Waals surface area contributed by atoms with Crippen LogP contribution in [0.3, 0.4) is 0 Å². The zero-order chi connectivity index (χ0) is 22.3. The number of carbonyl (C=O) groups excluding carboxylic acids is 2. The summed E-state index contributed by atoms with van der Waals surface area (Å²) in [5.74, 6) is -0.0395. The second-order valence-corrected chi connectivity index (χ2v) is 9.96. The second kappa shape index (κ2) is 7.85. The van der Waals surface area contributed by atoms with E-state index < -0.39 is 30.0 Å². The molecule has 0 unspecified atom stereocenters. The molecular weight excluding hydrogens is 385 g/mol. The van der Waals surface area contributed by atoms with Gasteiger partial charge in [-0.1, -0.05) is 0 Å². The molecule has 0 saturated carbocycles. The van der Waals surface area contributed by atoms with E-state index in [4.69, 9.17) is 14.0 Å². The third kappa shape index (κ3) is 4.95. The van der Waals surface area contributed by atoms with E-state index in [-0.39, 0.29) is 11.8 Å². The number of nitrogens with one attached hydrogen (secondary N) is 1.